The number of hydrogen-bond donors (Lipinski definition) is 2. The first kappa shape index (κ1) is 11.7. The van der Waals surface area contributed by atoms with Crippen molar-refractivity contribution in [2.75, 3.05) is 5.32 Å². The Morgan fingerprint density at radius 3 is 2.83 bits per heavy atom. The van der Waals surface area contributed by atoms with Gasteiger partial charge < -0.3 is 10.4 Å². The van der Waals surface area contributed by atoms with Crippen LogP contribution in [0.4, 0.5) is 5.69 Å². The number of aromatic carboxylic acids is 1. The molecule has 0 spiro atoms. The molecule has 2 aromatic heterocycles. The van der Waals surface area contributed by atoms with E-state index in [1.54, 1.807) is 0 Å². The lowest BCUT2D eigenvalue weighted by Gasteiger charge is -2.05. The van der Waals surface area contributed by atoms with Crippen molar-refractivity contribution >= 4 is 17.6 Å². The van der Waals surface area contributed by atoms with Crippen LogP contribution in [-0.2, 0) is 11.3 Å². The lowest BCUT2D eigenvalue weighted by Crippen LogP contribution is -2.19. The first-order valence-corrected chi connectivity index (χ1v) is 4.96. The van der Waals surface area contributed by atoms with E-state index in [4.69, 9.17) is 5.11 Å². The van der Waals surface area contributed by atoms with Gasteiger partial charge in [-0.2, -0.15) is 5.10 Å². The fourth-order valence-corrected chi connectivity index (χ4v) is 1.29. The fourth-order valence-electron chi connectivity index (χ4n) is 1.29. The molecule has 0 radical (unpaired) electrons. The molecule has 0 aliphatic carbocycles. The maximum absolute atomic E-state index is 11.6. The topological polar surface area (TPSA) is 110 Å². The number of pyridine rings is 1. The third-order valence-electron chi connectivity index (χ3n) is 2.04. The van der Waals surface area contributed by atoms with Crippen molar-refractivity contribution in [2.45, 2.75) is 6.54 Å². The molecule has 2 N–H and O–H groups in total. The van der Waals surface area contributed by atoms with Crippen LogP contribution in [0.25, 0.3) is 0 Å². The van der Waals surface area contributed by atoms with Gasteiger partial charge in [-0.25, -0.2) is 14.5 Å². The molecule has 1 amide bonds. The molecular weight excluding hydrogens is 238 g/mol. The molecule has 0 aliphatic rings. The maximum atomic E-state index is 11.6. The van der Waals surface area contributed by atoms with E-state index >= 15 is 0 Å². The van der Waals surface area contributed by atoms with E-state index in [1.807, 2.05) is 0 Å². The largest absolute Gasteiger partial charge is 0.478 e. The molecule has 0 aromatic carbocycles. The number of rotatable bonds is 4. The lowest BCUT2D eigenvalue weighted by atomic mass is 10.2. The summed E-state index contributed by atoms with van der Waals surface area (Å²) >= 11 is 0. The summed E-state index contributed by atoms with van der Waals surface area (Å²) in [5.41, 5.74) is 0.327. The van der Waals surface area contributed by atoms with E-state index < -0.39 is 5.97 Å². The number of carbonyl (C=O) groups excluding carboxylic acids is 1. The molecule has 8 nitrogen and oxygen atoms in total. The van der Waals surface area contributed by atoms with Crippen molar-refractivity contribution in [2.24, 2.45) is 0 Å². The number of nitrogens with one attached hydrogen (secondary N) is 1. The molecule has 0 saturated heterocycles. The smallest absolute Gasteiger partial charge is 0.337 e. The summed E-state index contributed by atoms with van der Waals surface area (Å²) in [5.74, 6) is -1.44. The van der Waals surface area contributed by atoms with Crippen LogP contribution >= 0.6 is 0 Å². The average molecular weight is 247 g/mol. The van der Waals surface area contributed by atoms with Gasteiger partial charge >= 0.3 is 5.97 Å². The van der Waals surface area contributed by atoms with E-state index in [-0.39, 0.29) is 18.0 Å². The standard InChI is InChI=1S/C10H9N5O3/c16-9(4-15-6-12-5-13-15)14-8-1-7(10(17)18)2-11-3-8/h1-3,5-6H,4H2,(H,14,16)(H,17,18). The Hall–Kier alpha value is -2.77. The Balaban J connectivity index is 2.03. The molecular formula is C10H9N5O3. The van der Waals surface area contributed by atoms with Gasteiger partial charge in [-0.05, 0) is 6.07 Å². The van der Waals surface area contributed by atoms with Crippen LogP contribution in [0.3, 0.4) is 0 Å². The summed E-state index contributed by atoms with van der Waals surface area (Å²) in [7, 11) is 0. The minimum absolute atomic E-state index is 0.00268. The van der Waals surface area contributed by atoms with E-state index in [1.165, 1.54) is 35.8 Å². The van der Waals surface area contributed by atoms with Crippen LogP contribution in [0.2, 0.25) is 0 Å². The zero-order chi connectivity index (χ0) is 13.0. The molecule has 2 heterocycles. The molecule has 18 heavy (non-hydrogen) atoms. The Morgan fingerprint density at radius 1 is 1.33 bits per heavy atom. The fraction of sp³-hybridized carbons (Fsp3) is 0.100. The number of anilines is 1. The zero-order valence-corrected chi connectivity index (χ0v) is 9.15. The van der Waals surface area contributed by atoms with E-state index in [2.05, 4.69) is 20.4 Å². The van der Waals surface area contributed by atoms with E-state index in [0.717, 1.165) is 0 Å². The van der Waals surface area contributed by atoms with Crippen LogP contribution in [0.5, 0.6) is 0 Å². The number of nitrogens with zero attached hydrogens (tertiary/aromatic N) is 4. The van der Waals surface area contributed by atoms with Crippen molar-refractivity contribution in [1.29, 1.82) is 0 Å². The maximum Gasteiger partial charge on any atom is 0.337 e. The highest BCUT2D eigenvalue weighted by Gasteiger charge is 2.07. The van der Waals surface area contributed by atoms with Gasteiger partial charge in [0.2, 0.25) is 5.91 Å². The Labute approximate surface area is 101 Å². The minimum Gasteiger partial charge on any atom is -0.478 e. The van der Waals surface area contributed by atoms with Crippen LogP contribution in [0.15, 0.2) is 31.1 Å². The summed E-state index contributed by atoms with van der Waals surface area (Å²) in [6, 6.07) is 1.33. The quantitative estimate of drug-likeness (QED) is 0.787. The third kappa shape index (κ3) is 2.88. The van der Waals surface area contributed by atoms with Gasteiger partial charge in [0.15, 0.2) is 0 Å². The van der Waals surface area contributed by atoms with Crippen molar-refractivity contribution in [3.05, 3.63) is 36.7 Å². The van der Waals surface area contributed by atoms with Crippen molar-refractivity contribution < 1.29 is 14.7 Å². The second kappa shape index (κ2) is 5.04. The summed E-state index contributed by atoms with van der Waals surface area (Å²) in [5, 5.41) is 15.1. The molecule has 0 aliphatic heterocycles. The first-order valence-electron chi connectivity index (χ1n) is 4.96. The van der Waals surface area contributed by atoms with Crippen LogP contribution in [0, 0.1) is 0 Å². The number of aromatic nitrogens is 4. The molecule has 2 rings (SSSR count). The average Bonchev–Trinajstić information content (AvgIpc) is 2.82. The van der Waals surface area contributed by atoms with Crippen LogP contribution < -0.4 is 5.32 Å². The summed E-state index contributed by atoms with van der Waals surface area (Å²) < 4.78 is 1.35. The highest BCUT2D eigenvalue weighted by Crippen LogP contribution is 2.08. The van der Waals surface area contributed by atoms with Gasteiger partial charge in [0.25, 0.3) is 0 Å². The van der Waals surface area contributed by atoms with Gasteiger partial charge in [0, 0.05) is 6.20 Å². The van der Waals surface area contributed by atoms with Crippen molar-refractivity contribution in [1.82, 2.24) is 19.7 Å². The number of hydrogen-bond acceptors (Lipinski definition) is 5. The van der Waals surface area contributed by atoms with Gasteiger partial charge in [0.05, 0.1) is 17.4 Å². The SMILES string of the molecule is O=C(Cn1cncn1)Nc1cncc(C(=O)O)c1. The lowest BCUT2D eigenvalue weighted by molar-refractivity contribution is -0.116. The normalized spacial score (nSPS) is 10.0. The molecule has 92 valence electrons. The molecule has 0 saturated carbocycles. The Morgan fingerprint density at radius 2 is 2.17 bits per heavy atom. The van der Waals surface area contributed by atoms with Crippen molar-refractivity contribution in [3.8, 4) is 0 Å². The highest BCUT2D eigenvalue weighted by atomic mass is 16.4. The predicted molar refractivity (Wildman–Crippen MR) is 59.8 cm³/mol. The number of carboxylic acid groups (broad SMARTS) is 1. The monoisotopic (exact) mass is 247 g/mol. The predicted octanol–water partition coefficient (Wildman–Crippen LogP) is 0.01000. The second-order valence-electron chi connectivity index (χ2n) is 3.41. The number of amides is 1. The molecule has 0 atom stereocenters. The van der Waals surface area contributed by atoms with Gasteiger partial charge in [-0.15, -0.1) is 0 Å². The van der Waals surface area contributed by atoms with Crippen LogP contribution in [-0.4, -0.2) is 36.7 Å². The summed E-state index contributed by atoms with van der Waals surface area (Å²) in [4.78, 5) is 29.7. The molecule has 0 fully saturated rings. The minimum atomic E-state index is -1.10. The summed E-state index contributed by atoms with van der Waals surface area (Å²) in [6.45, 7) is -0.00268. The number of carboxylic acids is 1. The molecule has 0 unspecified atom stereocenters. The highest BCUT2D eigenvalue weighted by molar-refractivity contribution is 5.93. The molecule has 2 aromatic rings. The third-order valence-corrected chi connectivity index (χ3v) is 2.04. The summed E-state index contributed by atoms with van der Waals surface area (Å²) in [6.07, 6.45) is 5.30. The van der Waals surface area contributed by atoms with E-state index in [0.29, 0.717) is 5.69 Å². The Bertz CT molecular complexity index is 567. The zero-order valence-electron chi connectivity index (χ0n) is 9.15. The second-order valence-corrected chi connectivity index (χ2v) is 3.41. The van der Waals surface area contributed by atoms with Crippen molar-refractivity contribution in [3.63, 3.8) is 0 Å². The first-order chi connectivity index (χ1) is 8.65. The van der Waals surface area contributed by atoms with Crippen LogP contribution in [0.1, 0.15) is 10.4 Å². The van der Waals surface area contributed by atoms with E-state index in [9.17, 15) is 9.59 Å². The van der Waals surface area contributed by atoms with Gasteiger partial charge in [-0.1, -0.05) is 0 Å². The Kier molecular flexibility index (Phi) is 3.28. The van der Waals surface area contributed by atoms with Gasteiger partial charge in [0.1, 0.15) is 19.2 Å². The van der Waals surface area contributed by atoms with Gasteiger partial charge in [-0.3, -0.25) is 9.78 Å². The molecule has 0 bridgehead atoms. The molecule has 8 heteroatoms. The number of carbonyl (C=O) groups is 2.